The second-order valence-electron chi connectivity index (χ2n) is 5.42. The van der Waals surface area contributed by atoms with Crippen LogP contribution in [0.1, 0.15) is 19.8 Å². The summed E-state index contributed by atoms with van der Waals surface area (Å²) in [5, 5.41) is 2.50. The Morgan fingerprint density at radius 2 is 1.95 bits per heavy atom. The van der Waals surface area contributed by atoms with Gasteiger partial charge in [-0.3, -0.25) is 4.79 Å². The van der Waals surface area contributed by atoms with E-state index in [1.165, 1.54) is 28.6 Å². The van der Waals surface area contributed by atoms with E-state index in [4.69, 9.17) is 23.2 Å². The van der Waals surface area contributed by atoms with Gasteiger partial charge in [0.05, 0.1) is 4.90 Å². The van der Waals surface area contributed by atoms with Crippen LogP contribution in [0.2, 0.25) is 0 Å². The number of halogens is 2. The first kappa shape index (κ1) is 17.5. The van der Waals surface area contributed by atoms with Gasteiger partial charge >= 0.3 is 0 Å². The molecule has 5 nitrogen and oxygen atoms in total. The van der Waals surface area contributed by atoms with E-state index < -0.39 is 20.8 Å². The lowest BCUT2D eigenvalue weighted by molar-refractivity contribution is -0.114. The molecule has 0 spiro atoms. The molecule has 1 unspecified atom stereocenters. The van der Waals surface area contributed by atoms with Gasteiger partial charge in [-0.05, 0) is 43.0 Å². The minimum absolute atomic E-state index is 0.216. The Bertz CT molecular complexity index is 632. The van der Waals surface area contributed by atoms with Crippen molar-refractivity contribution in [3.05, 3.63) is 24.3 Å². The zero-order valence-electron chi connectivity index (χ0n) is 12.1. The molecule has 0 bridgehead atoms. The fourth-order valence-corrected chi connectivity index (χ4v) is 4.13. The van der Waals surface area contributed by atoms with E-state index in [0.29, 0.717) is 24.7 Å². The highest BCUT2D eigenvalue weighted by Gasteiger charge is 2.28. The summed E-state index contributed by atoms with van der Waals surface area (Å²) in [7, 11) is -3.49. The molecule has 2 rings (SSSR count). The molecule has 1 saturated heterocycles. The molecule has 1 aliphatic rings. The second-order valence-corrected chi connectivity index (χ2v) is 8.46. The fourth-order valence-electron chi connectivity index (χ4n) is 2.42. The number of alkyl halides is 2. The van der Waals surface area contributed by atoms with Gasteiger partial charge in [-0.2, -0.15) is 4.31 Å². The van der Waals surface area contributed by atoms with Gasteiger partial charge in [0.2, 0.25) is 10.0 Å². The largest absolute Gasteiger partial charge is 0.324 e. The molecule has 1 aromatic rings. The van der Waals surface area contributed by atoms with Crippen LogP contribution in [0.5, 0.6) is 0 Å². The summed E-state index contributed by atoms with van der Waals surface area (Å²) < 4.78 is 26.7. The SMILES string of the molecule is CC1CCCN(S(=O)(=O)c2ccc(NC(=O)C(Cl)Cl)cc2)C1. The molecule has 1 aliphatic heterocycles. The summed E-state index contributed by atoms with van der Waals surface area (Å²) in [6.45, 7) is 3.14. The molecule has 1 atom stereocenters. The van der Waals surface area contributed by atoms with Crippen molar-refractivity contribution < 1.29 is 13.2 Å². The molecule has 1 heterocycles. The number of carbonyl (C=O) groups excluding carboxylic acids is 1. The highest BCUT2D eigenvalue weighted by molar-refractivity contribution is 7.89. The van der Waals surface area contributed by atoms with E-state index in [-0.39, 0.29) is 4.90 Å². The maximum absolute atomic E-state index is 12.6. The number of sulfonamides is 1. The van der Waals surface area contributed by atoms with E-state index in [1.807, 2.05) is 0 Å². The molecule has 0 aliphatic carbocycles. The first-order valence-corrected chi connectivity index (χ1v) is 9.31. The van der Waals surface area contributed by atoms with E-state index in [0.717, 1.165) is 12.8 Å². The van der Waals surface area contributed by atoms with Gasteiger partial charge in [0.1, 0.15) is 0 Å². The van der Waals surface area contributed by atoms with Crippen molar-refractivity contribution in [2.45, 2.75) is 29.5 Å². The molecule has 1 N–H and O–H groups in total. The molecule has 1 amide bonds. The van der Waals surface area contributed by atoms with Crippen LogP contribution in [0.3, 0.4) is 0 Å². The number of nitrogens with zero attached hydrogens (tertiary/aromatic N) is 1. The van der Waals surface area contributed by atoms with Crippen LogP contribution in [0.4, 0.5) is 5.69 Å². The number of anilines is 1. The number of benzene rings is 1. The van der Waals surface area contributed by atoms with E-state index in [2.05, 4.69) is 12.2 Å². The molecular weight excluding hydrogens is 347 g/mol. The van der Waals surface area contributed by atoms with E-state index >= 15 is 0 Å². The average Bonchev–Trinajstić information content (AvgIpc) is 2.47. The Hall–Kier alpha value is -0.820. The van der Waals surface area contributed by atoms with Crippen LogP contribution in [0, 0.1) is 5.92 Å². The Kier molecular flexibility index (Phi) is 5.71. The van der Waals surface area contributed by atoms with Crippen LogP contribution in [0.25, 0.3) is 0 Å². The quantitative estimate of drug-likeness (QED) is 0.835. The van der Waals surface area contributed by atoms with Crippen LogP contribution < -0.4 is 5.32 Å². The lowest BCUT2D eigenvalue weighted by Crippen LogP contribution is -2.39. The maximum Gasteiger partial charge on any atom is 0.257 e. The molecule has 0 radical (unpaired) electrons. The van der Waals surface area contributed by atoms with E-state index in [1.54, 1.807) is 0 Å². The van der Waals surface area contributed by atoms with Gasteiger partial charge in [-0.1, -0.05) is 30.1 Å². The summed E-state index contributed by atoms with van der Waals surface area (Å²) in [6.07, 6.45) is 1.93. The van der Waals surface area contributed by atoms with Crippen molar-refractivity contribution in [2.75, 3.05) is 18.4 Å². The lowest BCUT2D eigenvalue weighted by Gasteiger charge is -2.30. The second kappa shape index (κ2) is 7.17. The van der Waals surface area contributed by atoms with Crippen molar-refractivity contribution >= 4 is 44.8 Å². The van der Waals surface area contributed by atoms with Gasteiger partial charge in [-0.25, -0.2) is 8.42 Å². The smallest absolute Gasteiger partial charge is 0.257 e. The summed E-state index contributed by atoms with van der Waals surface area (Å²) in [5.74, 6) is -0.185. The summed E-state index contributed by atoms with van der Waals surface area (Å²) in [4.78, 5) is 10.4. The van der Waals surface area contributed by atoms with Gasteiger partial charge < -0.3 is 5.32 Å². The number of piperidine rings is 1. The first-order chi connectivity index (χ1) is 10.3. The van der Waals surface area contributed by atoms with Crippen molar-refractivity contribution in [1.29, 1.82) is 0 Å². The number of hydrogen-bond acceptors (Lipinski definition) is 3. The third-order valence-corrected chi connectivity index (χ3v) is 5.85. The molecule has 0 aromatic heterocycles. The van der Waals surface area contributed by atoms with Crippen LogP contribution in [-0.4, -0.2) is 36.6 Å². The fraction of sp³-hybridized carbons (Fsp3) is 0.500. The normalized spacial score (nSPS) is 20.1. The molecule has 122 valence electrons. The Morgan fingerprint density at radius 3 is 2.50 bits per heavy atom. The maximum atomic E-state index is 12.6. The minimum atomic E-state index is -3.49. The molecule has 22 heavy (non-hydrogen) atoms. The molecule has 1 fully saturated rings. The van der Waals surface area contributed by atoms with Gasteiger partial charge in [-0.15, -0.1) is 0 Å². The summed E-state index contributed by atoms with van der Waals surface area (Å²) in [6, 6.07) is 5.99. The van der Waals surface area contributed by atoms with E-state index in [9.17, 15) is 13.2 Å². The molecule has 1 aromatic carbocycles. The Morgan fingerprint density at radius 1 is 1.32 bits per heavy atom. The molecule has 8 heteroatoms. The Labute approximate surface area is 140 Å². The third-order valence-electron chi connectivity index (χ3n) is 3.58. The van der Waals surface area contributed by atoms with Crippen LogP contribution in [0.15, 0.2) is 29.2 Å². The number of carbonyl (C=O) groups is 1. The van der Waals surface area contributed by atoms with Gasteiger partial charge in [0, 0.05) is 18.8 Å². The van der Waals surface area contributed by atoms with Crippen molar-refractivity contribution in [2.24, 2.45) is 5.92 Å². The predicted molar refractivity (Wildman–Crippen MR) is 87.7 cm³/mol. The molecule has 0 saturated carbocycles. The van der Waals surface area contributed by atoms with Gasteiger partial charge in [0.15, 0.2) is 4.84 Å². The highest BCUT2D eigenvalue weighted by Crippen LogP contribution is 2.24. The van der Waals surface area contributed by atoms with Crippen molar-refractivity contribution in [3.63, 3.8) is 0 Å². The first-order valence-electron chi connectivity index (χ1n) is 7.00. The average molecular weight is 365 g/mol. The summed E-state index contributed by atoms with van der Waals surface area (Å²) in [5.41, 5.74) is 0.447. The van der Waals surface area contributed by atoms with Crippen molar-refractivity contribution in [3.8, 4) is 0 Å². The van der Waals surface area contributed by atoms with Gasteiger partial charge in [0.25, 0.3) is 5.91 Å². The zero-order valence-corrected chi connectivity index (χ0v) is 14.5. The standard InChI is InChI=1S/C14H18Cl2N2O3S/c1-10-3-2-8-18(9-10)22(20,21)12-6-4-11(5-7-12)17-14(19)13(15)16/h4-7,10,13H,2-3,8-9H2,1H3,(H,17,19). The van der Waals surface area contributed by atoms with Crippen molar-refractivity contribution in [1.82, 2.24) is 4.31 Å². The minimum Gasteiger partial charge on any atom is -0.324 e. The number of rotatable bonds is 4. The Balaban J connectivity index is 2.13. The number of amides is 1. The lowest BCUT2D eigenvalue weighted by atomic mass is 10.0. The van der Waals surface area contributed by atoms with Crippen LogP contribution in [-0.2, 0) is 14.8 Å². The highest BCUT2D eigenvalue weighted by atomic mass is 35.5. The number of hydrogen-bond donors (Lipinski definition) is 1. The van der Waals surface area contributed by atoms with Crippen LogP contribution >= 0.6 is 23.2 Å². The predicted octanol–water partition coefficient (Wildman–Crippen LogP) is 2.85. The molecular formula is C14H18Cl2N2O3S. The zero-order chi connectivity index (χ0) is 16.3. The summed E-state index contributed by atoms with van der Waals surface area (Å²) >= 11 is 10.9. The monoisotopic (exact) mass is 364 g/mol. The topological polar surface area (TPSA) is 66.5 Å². The number of nitrogens with one attached hydrogen (secondary N) is 1. The third kappa shape index (κ3) is 4.13.